The molecule has 6 heteroatoms. The van der Waals surface area contributed by atoms with Crippen LogP contribution in [-0.4, -0.2) is 31.5 Å². The Morgan fingerprint density at radius 2 is 1.79 bits per heavy atom. The van der Waals surface area contributed by atoms with Gasteiger partial charge in [0.25, 0.3) is 0 Å². The quantitative estimate of drug-likeness (QED) is 0.708. The Kier molecular flexibility index (Phi) is 7.10. The lowest BCUT2D eigenvalue weighted by Crippen LogP contribution is -2.05. The van der Waals surface area contributed by atoms with Crippen molar-refractivity contribution in [3.05, 3.63) is 29.8 Å². The number of benzene rings is 1. The van der Waals surface area contributed by atoms with Crippen LogP contribution in [0.4, 0.5) is 0 Å². The Bertz CT molecular complexity index is 411. The van der Waals surface area contributed by atoms with Crippen LogP contribution in [0, 0.1) is 0 Å². The lowest BCUT2D eigenvalue weighted by molar-refractivity contribution is 0.199. The molecule has 0 amide bonds. The molecule has 0 atom stereocenters. The predicted octanol–water partition coefficient (Wildman–Crippen LogP) is 2.82. The second-order valence-corrected chi connectivity index (χ2v) is 5.84. The highest BCUT2D eigenvalue weighted by Gasteiger charge is 2.25. The topological polar surface area (TPSA) is 65.0 Å². The van der Waals surface area contributed by atoms with Gasteiger partial charge in [-0.3, -0.25) is 4.57 Å². The smallest absolute Gasteiger partial charge is 0.335 e. The molecule has 0 aliphatic rings. The predicted molar refractivity (Wildman–Crippen MR) is 73.6 cm³/mol. The Balaban J connectivity index is 2.86. The van der Waals surface area contributed by atoms with Crippen molar-refractivity contribution in [3.63, 3.8) is 0 Å². The van der Waals surface area contributed by atoms with Crippen LogP contribution >= 0.6 is 7.60 Å². The molecule has 0 radical (unpaired) electrons. The van der Waals surface area contributed by atoms with Crippen LogP contribution in [-0.2, 0) is 19.8 Å². The molecular weight excluding hydrogens is 267 g/mol. The van der Waals surface area contributed by atoms with Crippen molar-refractivity contribution in [1.29, 1.82) is 0 Å². The minimum absolute atomic E-state index is 0.0666. The molecule has 0 saturated carbocycles. The largest absolute Gasteiger partial charge is 0.491 e. The molecule has 0 aliphatic heterocycles. The van der Waals surface area contributed by atoms with Crippen LogP contribution in [0.3, 0.4) is 0 Å². The summed E-state index contributed by atoms with van der Waals surface area (Å²) in [5.41, 5.74) is 0.751. The number of hydrogen-bond donors (Lipinski definition) is 1. The normalized spacial score (nSPS) is 11.5. The van der Waals surface area contributed by atoms with Crippen LogP contribution in [0.25, 0.3) is 0 Å². The fraction of sp³-hybridized carbons (Fsp3) is 0.538. The molecule has 108 valence electrons. The summed E-state index contributed by atoms with van der Waals surface area (Å²) in [6.45, 7) is 4.35. The molecule has 1 aromatic carbocycles. The second-order valence-electron chi connectivity index (χ2n) is 3.78. The molecule has 0 fully saturated rings. The van der Waals surface area contributed by atoms with E-state index in [1.165, 1.54) is 0 Å². The van der Waals surface area contributed by atoms with Gasteiger partial charge in [-0.15, -0.1) is 0 Å². The van der Waals surface area contributed by atoms with E-state index in [0.29, 0.717) is 19.0 Å². The maximum Gasteiger partial charge on any atom is 0.335 e. The Labute approximate surface area is 114 Å². The van der Waals surface area contributed by atoms with Gasteiger partial charge in [0.05, 0.1) is 26.0 Å². The van der Waals surface area contributed by atoms with Crippen molar-refractivity contribution in [2.75, 3.05) is 26.4 Å². The van der Waals surface area contributed by atoms with Crippen LogP contribution in [0.2, 0.25) is 0 Å². The Morgan fingerprint density at radius 1 is 1.16 bits per heavy atom. The third-order valence-electron chi connectivity index (χ3n) is 2.34. The average molecular weight is 288 g/mol. The van der Waals surface area contributed by atoms with Gasteiger partial charge in [0.15, 0.2) is 0 Å². The molecule has 19 heavy (non-hydrogen) atoms. The standard InChI is InChI=1S/C13H21O5P/c1-3-17-19(15,18-4-2)11-12-7-5-6-8-13(12)16-10-9-14/h5-8,14H,3-4,9-11H2,1-2H3. The molecule has 0 spiro atoms. The van der Waals surface area contributed by atoms with Crippen LogP contribution in [0.15, 0.2) is 24.3 Å². The molecule has 1 rings (SSSR count). The van der Waals surface area contributed by atoms with E-state index in [2.05, 4.69) is 0 Å². The van der Waals surface area contributed by atoms with Gasteiger partial charge in [0, 0.05) is 5.56 Å². The van der Waals surface area contributed by atoms with Crippen molar-refractivity contribution in [3.8, 4) is 5.75 Å². The molecular formula is C13H21O5P. The van der Waals surface area contributed by atoms with Gasteiger partial charge in [-0.25, -0.2) is 0 Å². The maximum atomic E-state index is 12.5. The fourth-order valence-electron chi connectivity index (χ4n) is 1.66. The number of hydrogen-bond acceptors (Lipinski definition) is 5. The first kappa shape index (κ1) is 16.2. The molecule has 0 unspecified atom stereocenters. The van der Waals surface area contributed by atoms with E-state index in [-0.39, 0.29) is 19.4 Å². The van der Waals surface area contributed by atoms with Gasteiger partial charge in [-0.05, 0) is 19.9 Å². The summed E-state index contributed by atoms with van der Waals surface area (Å²) in [5.74, 6) is 0.594. The Hall–Kier alpha value is -0.870. The number of rotatable bonds is 9. The van der Waals surface area contributed by atoms with E-state index in [9.17, 15) is 4.57 Å². The second kappa shape index (κ2) is 8.33. The van der Waals surface area contributed by atoms with Crippen molar-refractivity contribution < 1.29 is 23.5 Å². The zero-order valence-corrected chi connectivity index (χ0v) is 12.3. The molecule has 0 bridgehead atoms. The average Bonchev–Trinajstić information content (AvgIpc) is 2.38. The van der Waals surface area contributed by atoms with Gasteiger partial charge in [0.1, 0.15) is 12.4 Å². The highest BCUT2D eigenvalue weighted by Crippen LogP contribution is 2.52. The van der Waals surface area contributed by atoms with Crippen LogP contribution in [0.5, 0.6) is 5.75 Å². The van der Waals surface area contributed by atoms with Gasteiger partial charge < -0.3 is 18.9 Å². The molecule has 0 saturated heterocycles. The van der Waals surface area contributed by atoms with Crippen molar-refractivity contribution in [1.82, 2.24) is 0 Å². The fourth-order valence-corrected chi connectivity index (χ4v) is 3.38. The first-order chi connectivity index (χ1) is 9.15. The van der Waals surface area contributed by atoms with E-state index >= 15 is 0 Å². The Morgan fingerprint density at radius 3 is 2.37 bits per heavy atom. The van der Waals surface area contributed by atoms with Gasteiger partial charge >= 0.3 is 7.60 Å². The maximum absolute atomic E-state index is 12.5. The molecule has 1 N–H and O–H groups in total. The van der Waals surface area contributed by atoms with Crippen molar-refractivity contribution in [2.45, 2.75) is 20.0 Å². The first-order valence-electron chi connectivity index (χ1n) is 6.35. The first-order valence-corrected chi connectivity index (χ1v) is 8.07. The summed E-state index contributed by atoms with van der Waals surface area (Å²) in [6.07, 6.45) is 0.163. The molecule has 5 nitrogen and oxygen atoms in total. The molecule has 0 aliphatic carbocycles. The van der Waals surface area contributed by atoms with E-state index < -0.39 is 7.60 Å². The van der Waals surface area contributed by atoms with Crippen LogP contribution in [0.1, 0.15) is 19.4 Å². The van der Waals surface area contributed by atoms with Gasteiger partial charge in [-0.1, -0.05) is 18.2 Å². The van der Waals surface area contributed by atoms with E-state index in [1.54, 1.807) is 19.9 Å². The summed E-state index contributed by atoms with van der Waals surface area (Å²) in [5, 5.41) is 8.79. The van der Waals surface area contributed by atoms with Crippen molar-refractivity contribution >= 4 is 7.60 Å². The van der Waals surface area contributed by atoms with Gasteiger partial charge in [0.2, 0.25) is 0 Å². The van der Waals surface area contributed by atoms with E-state index in [1.807, 2.05) is 18.2 Å². The summed E-state index contributed by atoms with van der Waals surface area (Å²) in [4.78, 5) is 0. The summed E-state index contributed by atoms with van der Waals surface area (Å²) in [7, 11) is -3.14. The zero-order valence-electron chi connectivity index (χ0n) is 11.4. The minimum Gasteiger partial charge on any atom is -0.491 e. The van der Waals surface area contributed by atoms with E-state index in [0.717, 1.165) is 5.56 Å². The number of ether oxygens (including phenoxy) is 1. The summed E-state index contributed by atoms with van der Waals surface area (Å²) < 4.78 is 28.4. The highest BCUT2D eigenvalue weighted by atomic mass is 31.2. The molecule has 1 aromatic rings. The summed E-state index contributed by atoms with van der Waals surface area (Å²) >= 11 is 0. The molecule has 0 aromatic heterocycles. The lowest BCUT2D eigenvalue weighted by atomic mass is 10.2. The third-order valence-corrected chi connectivity index (χ3v) is 4.37. The minimum atomic E-state index is -3.14. The number of para-hydroxylation sites is 1. The molecule has 0 heterocycles. The third kappa shape index (κ3) is 5.33. The monoisotopic (exact) mass is 288 g/mol. The summed E-state index contributed by atoms with van der Waals surface area (Å²) in [6, 6.07) is 7.25. The highest BCUT2D eigenvalue weighted by molar-refractivity contribution is 7.53. The zero-order chi connectivity index (χ0) is 14.1. The van der Waals surface area contributed by atoms with E-state index in [4.69, 9.17) is 18.9 Å². The number of aliphatic hydroxyl groups is 1. The van der Waals surface area contributed by atoms with Crippen molar-refractivity contribution in [2.24, 2.45) is 0 Å². The SMILES string of the molecule is CCOP(=O)(Cc1ccccc1OCCO)OCC. The van der Waals surface area contributed by atoms with Gasteiger partial charge in [-0.2, -0.15) is 0 Å². The number of aliphatic hydroxyl groups excluding tert-OH is 1. The lowest BCUT2D eigenvalue weighted by Gasteiger charge is -2.18. The van der Waals surface area contributed by atoms with Crippen LogP contribution < -0.4 is 4.74 Å².